The highest BCUT2D eigenvalue weighted by Gasteiger charge is 2.30. The molecule has 0 aromatic heterocycles. The molecule has 1 aliphatic rings. The minimum Gasteiger partial charge on any atom is -0.379 e. The van der Waals surface area contributed by atoms with E-state index in [1.807, 2.05) is 24.3 Å². The first-order valence-corrected chi connectivity index (χ1v) is 6.49. The van der Waals surface area contributed by atoms with Crippen LogP contribution >= 0.6 is 11.6 Å². The summed E-state index contributed by atoms with van der Waals surface area (Å²) in [5, 5.41) is 0.699. The predicted molar refractivity (Wildman–Crippen MR) is 72.1 cm³/mol. The van der Waals surface area contributed by atoms with Gasteiger partial charge in [0, 0.05) is 31.8 Å². The molecule has 3 nitrogen and oxygen atoms in total. The summed E-state index contributed by atoms with van der Waals surface area (Å²) in [4.78, 5) is 14.0. The van der Waals surface area contributed by atoms with Gasteiger partial charge in [0.25, 0.3) is 0 Å². The molecular weight excluding hydrogens is 250 g/mol. The lowest BCUT2D eigenvalue weighted by atomic mass is 9.93. The number of rotatable bonds is 5. The summed E-state index contributed by atoms with van der Waals surface area (Å²) in [6.07, 6.45) is 0.322. The predicted octanol–water partition coefficient (Wildman–Crippen LogP) is 2.34. The molecule has 1 fully saturated rings. The molecule has 4 heteroatoms. The highest BCUT2D eigenvalue weighted by atomic mass is 35.5. The summed E-state index contributed by atoms with van der Waals surface area (Å²) in [6, 6.07) is 7.53. The molecule has 0 amide bonds. The van der Waals surface area contributed by atoms with Crippen LogP contribution in [0.15, 0.2) is 24.3 Å². The van der Waals surface area contributed by atoms with Gasteiger partial charge >= 0.3 is 0 Å². The SMILES string of the molecule is COC1CN(C[C@H](C(C)=O)c2ccc(Cl)cc2)C1. The molecule has 18 heavy (non-hydrogen) atoms. The number of benzene rings is 1. The van der Waals surface area contributed by atoms with Crippen LogP contribution in [-0.4, -0.2) is 43.5 Å². The van der Waals surface area contributed by atoms with E-state index in [9.17, 15) is 4.79 Å². The maximum absolute atomic E-state index is 11.8. The van der Waals surface area contributed by atoms with Gasteiger partial charge in [0.15, 0.2) is 0 Å². The van der Waals surface area contributed by atoms with Crippen molar-refractivity contribution in [3.8, 4) is 0 Å². The van der Waals surface area contributed by atoms with E-state index in [0.717, 1.165) is 25.2 Å². The lowest BCUT2D eigenvalue weighted by Crippen LogP contribution is -2.53. The summed E-state index contributed by atoms with van der Waals surface area (Å²) in [7, 11) is 1.73. The number of methoxy groups -OCH3 is 1. The van der Waals surface area contributed by atoms with Crippen molar-refractivity contribution in [1.82, 2.24) is 4.90 Å². The van der Waals surface area contributed by atoms with Gasteiger partial charge < -0.3 is 4.74 Å². The van der Waals surface area contributed by atoms with Crippen LogP contribution in [0.25, 0.3) is 0 Å². The van der Waals surface area contributed by atoms with Crippen LogP contribution in [0.4, 0.5) is 0 Å². The number of halogens is 1. The molecular formula is C14H18ClNO2. The number of hydrogen-bond acceptors (Lipinski definition) is 3. The minimum atomic E-state index is -0.0694. The maximum atomic E-state index is 11.8. The molecule has 2 rings (SSSR count). The van der Waals surface area contributed by atoms with Crippen molar-refractivity contribution in [2.45, 2.75) is 18.9 Å². The Balaban J connectivity index is 2.01. The minimum absolute atomic E-state index is 0.0694. The lowest BCUT2D eigenvalue weighted by Gasteiger charge is -2.39. The third kappa shape index (κ3) is 3.10. The van der Waals surface area contributed by atoms with Gasteiger partial charge in [-0.05, 0) is 24.6 Å². The third-order valence-corrected chi connectivity index (χ3v) is 3.71. The molecule has 0 radical (unpaired) electrons. The Morgan fingerprint density at radius 1 is 1.44 bits per heavy atom. The van der Waals surface area contributed by atoms with Crippen LogP contribution in [-0.2, 0) is 9.53 Å². The second-order valence-corrected chi connectivity index (χ2v) is 5.23. The largest absolute Gasteiger partial charge is 0.379 e. The van der Waals surface area contributed by atoms with Gasteiger partial charge in [-0.2, -0.15) is 0 Å². The van der Waals surface area contributed by atoms with Crippen molar-refractivity contribution in [1.29, 1.82) is 0 Å². The maximum Gasteiger partial charge on any atom is 0.138 e. The van der Waals surface area contributed by atoms with E-state index in [1.165, 1.54) is 0 Å². The van der Waals surface area contributed by atoms with Gasteiger partial charge in [0.2, 0.25) is 0 Å². The number of Topliss-reactive ketones (excluding diaryl/α,β-unsaturated/α-hetero) is 1. The Hall–Kier alpha value is -0.900. The molecule has 0 saturated carbocycles. The summed E-state index contributed by atoms with van der Waals surface area (Å²) in [5.41, 5.74) is 1.03. The smallest absolute Gasteiger partial charge is 0.138 e. The number of carbonyl (C=O) groups excluding carboxylic acids is 1. The molecule has 1 heterocycles. The Morgan fingerprint density at radius 3 is 2.56 bits per heavy atom. The fourth-order valence-corrected chi connectivity index (χ4v) is 2.37. The van der Waals surface area contributed by atoms with Crippen LogP contribution in [0.5, 0.6) is 0 Å². The van der Waals surface area contributed by atoms with E-state index in [0.29, 0.717) is 11.1 Å². The number of ether oxygens (including phenoxy) is 1. The summed E-state index contributed by atoms with van der Waals surface area (Å²) < 4.78 is 5.24. The van der Waals surface area contributed by atoms with E-state index in [2.05, 4.69) is 4.90 Å². The van der Waals surface area contributed by atoms with Crippen LogP contribution in [0.2, 0.25) is 5.02 Å². The molecule has 1 aliphatic heterocycles. The second-order valence-electron chi connectivity index (χ2n) is 4.79. The molecule has 1 atom stereocenters. The van der Waals surface area contributed by atoms with Crippen molar-refractivity contribution in [2.24, 2.45) is 0 Å². The quantitative estimate of drug-likeness (QED) is 0.820. The average molecular weight is 268 g/mol. The van der Waals surface area contributed by atoms with Gasteiger partial charge in [0.05, 0.1) is 12.0 Å². The van der Waals surface area contributed by atoms with Gasteiger partial charge in [-0.3, -0.25) is 9.69 Å². The fourth-order valence-electron chi connectivity index (χ4n) is 2.24. The number of hydrogen-bond donors (Lipinski definition) is 0. The van der Waals surface area contributed by atoms with Gasteiger partial charge in [-0.1, -0.05) is 23.7 Å². The molecule has 0 N–H and O–H groups in total. The zero-order valence-corrected chi connectivity index (χ0v) is 11.5. The lowest BCUT2D eigenvalue weighted by molar-refractivity contribution is -0.120. The molecule has 0 unspecified atom stereocenters. The normalized spacial score (nSPS) is 18.4. The van der Waals surface area contributed by atoms with E-state index in [1.54, 1.807) is 14.0 Å². The molecule has 1 aromatic carbocycles. The first kappa shape index (κ1) is 13.5. The highest BCUT2D eigenvalue weighted by molar-refractivity contribution is 6.30. The Morgan fingerprint density at radius 2 is 2.06 bits per heavy atom. The van der Waals surface area contributed by atoms with E-state index < -0.39 is 0 Å². The van der Waals surface area contributed by atoms with Crippen LogP contribution in [0.1, 0.15) is 18.4 Å². The van der Waals surface area contributed by atoms with Crippen LogP contribution in [0.3, 0.4) is 0 Å². The van der Waals surface area contributed by atoms with Crippen molar-refractivity contribution in [2.75, 3.05) is 26.7 Å². The summed E-state index contributed by atoms with van der Waals surface area (Å²) >= 11 is 5.87. The van der Waals surface area contributed by atoms with Gasteiger partial charge in [-0.25, -0.2) is 0 Å². The molecule has 98 valence electrons. The summed E-state index contributed by atoms with van der Waals surface area (Å²) in [6.45, 7) is 4.23. The van der Waals surface area contributed by atoms with Crippen molar-refractivity contribution in [3.05, 3.63) is 34.9 Å². The number of likely N-dealkylation sites (tertiary alicyclic amines) is 1. The summed E-state index contributed by atoms with van der Waals surface area (Å²) in [5.74, 6) is 0.123. The van der Waals surface area contributed by atoms with E-state index in [4.69, 9.17) is 16.3 Å². The van der Waals surface area contributed by atoms with Gasteiger partial charge in [-0.15, -0.1) is 0 Å². The monoisotopic (exact) mass is 267 g/mol. The van der Waals surface area contributed by atoms with E-state index >= 15 is 0 Å². The Bertz CT molecular complexity index is 412. The Kier molecular flexibility index (Phi) is 4.38. The first-order valence-electron chi connectivity index (χ1n) is 6.11. The number of carbonyl (C=O) groups is 1. The first-order chi connectivity index (χ1) is 8.60. The molecule has 0 bridgehead atoms. The zero-order valence-electron chi connectivity index (χ0n) is 10.7. The topological polar surface area (TPSA) is 29.5 Å². The Labute approximate surface area is 113 Å². The molecule has 1 aromatic rings. The van der Waals surface area contributed by atoms with Crippen LogP contribution < -0.4 is 0 Å². The van der Waals surface area contributed by atoms with Crippen molar-refractivity contribution >= 4 is 17.4 Å². The average Bonchev–Trinajstić information content (AvgIpc) is 2.29. The van der Waals surface area contributed by atoms with Crippen molar-refractivity contribution in [3.63, 3.8) is 0 Å². The van der Waals surface area contributed by atoms with E-state index in [-0.39, 0.29) is 11.7 Å². The molecule has 0 spiro atoms. The third-order valence-electron chi connectivity index (χ3n) is 3.46. The molecule has 1 saturated heterocycles. The number of ketones is 1. The van der Waals surface area contributed by atoms with Crippen LogP contribution in [0, 0.1) is 0 Å². The second kappa shape index (κ2) is 5.83. The number of nitrogens with zero attached hydrogens (tertiary/aromatic N) is 1. The van der Waals surface area contributed by atoms with Gasteiger partial charge in [0.1, 0.15) is 5.78 Å². The standard InChI is InChI=1S/C14H18ClNO2/c1-10(17)14(9-16-7-13(8-16)18-2)11-3-5-12(15)6-4-11/h3-6,13-14H,7-9H2,1-2H3/t14-/m1/s1. The highest BCUT2D eigenvalue weighted by Crippen LogP contribution is 2.23. The molecule has 0 aliphatic carbocycles. The zero-order chi connectivity index (χ0) is 13.1. The van der Waals surface area contributed by atoms with Crippen molar-refractivity contribution < 1.29 is 9.53 Å². The fraction of sp³-hybridized carbons (Fsp3) is 0.500.